The van der Waals surface area contributed by atoms with Gasteiger partial charge in [-0.15, -0.1) is 5.73 Å². The number of aliphatic carboxylic acids is 1. The Hall–Kier alpha value is -1.51. The van der Waals surface area contributed by atoms with E-state index in [9.17, 15) is 4.79 Å². The summed E-state index contributed by atoms with van der Waals surface area (Å²) in [7, 11) is 0. The molecule has 0 amide bonds. The first-order valence-electron chi connectivity index (χ1n) is 4.21. The molecule has 14 heavy (non-hydrogen) atoms. The molecule has 0 heterocycles. The highest BCUT2D eigenvalue weighted by atomic mass is 16.4. The van der Waals surface area contributed by atoms with Gasteiger partial charge in [0, 0.05) is 6.42 Å². The molecule has 3 N–H and O–H groups in total. The molecule has 0 aromatic heterocycles. The molecule has 78 valence electrons. The van der Waals surface area contributed by atoms with Crippen LogP contribution in [0.3, 0.4) is 0 Å². The van der Waals surface area contributed by atoms with Crippen LogP contribution in [0.2, 0.25) is 0 Å². The van der Waals surface area contributed by atoms with Gasteiger partial charge in [-0.05, 0) is 25.5 Å². The highest BCUT2D eigenvalue weighted by molar-refractivity contribution is 5.85. The third kappa shape index (κ3) is 6.06. The minimum atomic E-state index is -1.00. The van der Waals surface area contributed by atoms with E-state index in [4.69, 9.17) is 15.3 Å². The van der Waals surface area contributed by atoms with Crippen LogP contribution < -0.4 is 0 Å². The average Bonchev–Trinajstić information content (AvgIpc) is 2.12. The van der Waals surface area contributed by atoms with Crippen molar-refractivity contribution in [2.75, 3.05) is 6.61 Å². The molecule has 0 unspecified atom stereocenters. The van der Waals surface area contributed by atoms with Crippen LogP contribution >= 0.6 is 0 Å². The second-order valence-corrected chi connectivity index (χ2v) is 2.70. The van der Waals surface area contributed by atoms with Crippen LogP contribution in [0.4, 0.5) is 0 Å². The largest absolute Gasteiger partial charge is 0.513 e. The van der Waals surface area contributed by atoms with Crippen LogP contribution in [0, 0.1) is 0 Å². The summed E-state index contributed by atoms with van der Waals surface area (Å²) >= 11 is 0. The van der Waals surface area contributed by atoms with Crippen LogP contribution in [0.15, 0.2) is 29.2 Å². The maximum absolute atomic E-state index is 10.3. The van der Waals surface area contributed by atoms with E-state index in [0.29, 0.717) is 12.8 Å². The number of carboxylic acid groups (broad SMARTS) is 1. The van der Waals surface area contributed by atoms with E-state index in [1.807, 2.05) is 0 Å². The molecule has 0 atom stereocenters. The van der Waals surface area contributed by atoms with Crippen LogP contribution in [0.25, 0.3) is 0 Å². The van der Waals surface area contributed by atoms with Crippen LogP contribution in [-0.2, 0) is 4.79 Å². The summed E-state index contributed by atoms with van der Waals surface area (Å²) in [6.45, 7) is 1.25. The predicted octanol–water partition coefficient (Wildman–Crippen LogP) is 1.39. The first-order chi connectivity index (χ1) is 6.57. The van der Waals surface area contributed by atoms with Gasteiger partial charge < -0.3 is 15.3 Å². The van der Waals surface area contributed by atoms with Gasteiger partial charge in [0.05, 0.1) is 17.9 Å². The minimum absolute atomic E-state index is 0.0959. The molecule has 0 spiro atoms. The highest BCUT2D eigenvalue weighted by Crippen LogP contribution is 2.01. The molecule has 0 radical (unpaired) electrons. The molecule has 4 nitrogen and oxygen atoms in total. The maximum atomic E-state index is 10.3. The van der Waals surface area contributed by atoms with Gasteiger partial charge in [0.25, 0.3) is 0 Å². The number of hydrogen-bond acceptors (Lipinski definition) is 3. The molecule has 0 bridgehead atoms. The SMILES string of the molecule is CC(=C=CCCC(O)=CCO)C(=O)O. The smallest absolute Gasteiger partial charge is 0.339 e. The van der Waals surface area contributed by atoms with Gasteiger partial charge in [0.15, 0.2) is 0 Å². The van der Waals surface area contributed by atoms with Gasteiger partial charge in [0.2, 0.25) is 0 Å². The van der Waals surface area contributed by atoms with Gasteiger partial charge in [-0.25, -0.2) is 4.79 Å². The maximum Gasteiger partial charge on any atom is 0.339 e. The first-order valence-corrected chi connectivity index (χ1v) is 4.21. The molecule has 0 aromatic rings. The van der Waals surface area contributed by atoms with Gasteiger partial charge in [-0.1, -0.05) is 0 Å². The summed E-state index contributed by atoms with van der Waals surface area (Å²) < 4.78 is 0. The fraction of sp³-hybridized carbons (Fsp3) is 0.400. The molecule has 0 saturated heterocycles. The molecule has 0 saturated carbocycles. The molecule has 0 aliphatic carbocycles. The van der Waals surface area contributed by atoms with Crippen molar-refractivity contribution in [2.24, 2.45) is 0 Å². The van der Waals surface area contributed by atoms with Crippen molar-refractivity contribution in [1.82, 2.24) is 0 Å². The topological polar surface area (TPSA) is 77.8 Å². The van der Waals surface area contributed by atoms with Crippen molar-refractivity contribution in [3.05, 3.63) is 29.2 Å². The number of carboxylic acids is 1. The van der Waals surface area contributed by atoms with E-state index < -0.39 is 5.97 Å². The van der Waals surface area contributed by atoms with Crippen molar-refractivity contribution in [1.29, 1.82) is 0 Å². The molecule has 0 aromatic carbocycles. The van der Waals surface area contributed by atoms with Crippen molar-refractivity contribution in [2.45, 2.75) is 19.8 Å². The molecule has 0 aliphatic heterocycles. The van der Waals surface area contributed by atoms with Crippen molar-refractivity contribution in [3.8, 4) is 0 Å². The first kappa shape index (κ1) is 12.5. The number of hydrogen-bond donors (Lipinski definition) is 3. The van der Waals surface area contributed by atoms with Crippen LogP contribution in [0.5, 0.6) is 0 Å². The summed E-state index contributed by atoms with van der Waals surface area (Å²) in [5.41, 5.74) is 2.71. The Balaban J connectivity index is 4.02. The Kier molecular flexibility index (Phi) is 6.20. The minimum Gasteiger partial charge on any atom is -0.513 e. The van der Waals surface area contributed by atoms with Crippen molar-refractivity contribution in [3.63, 3.8) is 0 Å². The number of aliphatic hydroxyl groups is 2. The number of aliphatic hydroxyl groups excluding tert-OH is 2. The van der Waals surface area contributed by atoms with Gasteiger partial charge in [-0.3, -0.25) is 0 Å². The lowest BCUT2D eigenvalue weighted by Gasteiger charge is -1.93. The van der Waals surface area contributed by atoms with E-state index in [0.717, 1.165) is 0 Å². The number of allylic oxidation sites excluding steroid dienone is 1. The zero-order valence-electron chi connectivity index (χ0n) is 8.03. The fourth-order valence-corrected chi connectivity index (χ4v) is 0.714. The molecule has 0 fully saturated rings. The molecular formula is C10H14O4. The van der Waals surface area contributed by atoms with Crippen LogP contribution in [-0.4, -0.2) is 27.9 Å². The highest BCUT2D eigenvalue weighted by Gasteiger charge is 1.95. The molecular weight excluding hydrogens is 184 g/mol. The summed E-state index contributed by atoms with van der Waals surface area (Å²) in [4.78, 5) is 10.3. The third-order valence-electron chi connectivity index (χ3n) is 1.51. The fourth-order valence-electron chi connectivity index (χ4n) is 0.714. The standard InChI is InChI=1S/C10H14O4/c1-8(10(13)14)4-2-3-5-9(12)6-7-11/h2,6,11-12H,3,5,7H2,1H3,(H,13,14). The second kappa shape index (κ2) is 6.95. The Bertz CT molecular complexity index is 282. The predicted molar refractivity (Wildman–Crippen MR) is 51.9 cm³/mol. The van der Waals surface area contributed by atoms with Gasteiger partial charge in [-0.2, -0.15) is 0 Å². The lowest BCUT2D eigenvalue weighted by molar-refractivity contribution is -0.132. The van der Waals surface area contributed by atoms with Crippen molar-refractivity contribution < 1.29 is 20.1 Å². The molecule has 0 rings (SSSR count). The normalized spacial score (nSPS) is 10.6. The van der Waals surface area contributed by atoms with Gasteiger partial charge in [0.1, 0.15) is 0 Å². The quantitative estimate of drug-likeness (QED) is 0.354. The van der Waals surface area contributed by atoms with E-state index in [1.54, 1.807) is 6.08 Å². The molecule has 4 heteroatoms. The number of carbonyl (C=O) groups is 1. The van der Waals surface area contributed by atoms with E-state index in [2.05, 4.69) is 5.73 Å². The Morgan fingerprint density at radius 1 is 1.43 bits per heavy atom. The monoisotopic (exact) mass is 198 g/mol. The lowest BCUT2D eigenvalue weighted by Crippen LogP contribution is -1.93. The van der Waals surface area contributed by atoms with E-state index in [1.165, 1.54) is 13.0 Å². The summed E-state index contributed by atoms with van der Waals surface area (Å²) in [5, 5.41) is 25.9. The van der Waals surface area contributed by atoms with E-state index in [-0.39, 0.29) is 17.9 Å². The lowest BCUT2D eigenvalue weighted by atomic mass is 10.2. The Morgan fingerprint density at radius 3 is 2.57 bits per heavy atom. The summed E-state index contributed by atoms with van der Waals surface area (Å²) in [6.07, 6.45) is 3.71. The Morgan fingerprint density at radius 2 is 2.07 bits per heavy atom. The number of rotatable bonds is 5. The zero-order valence-corrected chi connectivity index (χ0v) is 8.03. The van der Waals surface area contributed by atoms with E-state index >= 15 is 0 Å². The Labute approximate surface area is 82.5 Å². The second-order valence-electron chi connectivity index (χ2n) is 2.70. The summed E-state index contributed by atoms with van der Waals surface area (Å²) in [5.74, 6) is -0.907. The van der Waals surface area contributed by atoms with Crippen LogP contribution in [0.1, 0.15) is 19.8 Å². The molecule has 0 aliphatic rings. The third-order valence-corrected chi connectivity index (χ3v) is 1.51. The average molecular weight is 198 g/mol. The van der Waals surface area contributed by atoms with Crippen molar-refractivity contribution >= 4 is 5.97 Å². The van der Waals surface area contributed by atoms with Gasteiger partial charge >= 0.3 is 5.97 Å². The zero-order chi connectivity index (χ0) is 11.0. The summed E-state index contributed by atoms with van der Waals surface area (Å²) in [6, 6.07) is 0.